The molecule has 2 fully saturated rings. The summed E-state index contributed by atoms with van der Waals surface area (Å²) >= 11 is 0. The second-order valence-electron chi connectivity index (χ2n) is 7.00. The molecule has 3 heteroatoms. The van der Waals surface area contributed by atoms with Gasteiger partial charge in [0.15, 0.2) is 0 Å². The van der Waals surface area contributed by atoms with E-state index in [1.165, 1.54) is 24.0 Å². The highest BCUT2D eigenvalue weighted by atomic mass is 16.2. The first-order valence-electron chi connectivity index (χ1n) is 8.39. The lowest BCUT2D eigenvalue weighted by Gasteiger charge is -2.32. The van der Waals surface area contributed by atoms with Crippen molar-refractivity contribution >= 4 is 5.91 Å². The molecule has 3 aliphatic rings. The molecule has 0 spiro atoms. The zero-order valence-electron chi connectivity index (χ0n) is 12.5. The van der Waals surface area contributed by atoms with E-state index in [-0.39, 0.29) is 12.0 Å². The number of nitrogens with zero attached hydrogens (tertiary/aromatic N) is 1. The van der Waals surface area contributed by atoms with Crippen molar-refractivity contribution < 1.29 is 4.79 Å². The molecule has 0 aliphatic heterocycles. The Morgan fingerprint density at radius 1 is 1.10 bits per heavy atom. The van der Waals surface area contributed by atoms with Gasteiger partial charge in [-0.25, -0.2) is 0 Å². The summed E-state index contributed by atoms with van der Waals surface area (Å²) in [5.41, 5.74) is 8.84. The van der Waals surface area contributed by atoms with E-state index in [2.05, 4.69) is 29.2 Å². The Kier molecular flexibility index (Phi) is 3.26. The number of fused-ring (bicyclic) bond motifs is 1. The van der Waals surface area contributed by atoms with Gasteiger partial charge in [-0.1, -0.05) is 24.3 Å². The van der Waals surface area contributed by atoms with Crippen LogP contribution in [0, 0.1) is 5.92 Å². The summed E-state index contributed by atoms with van der Waals surface area (Å²) in [6.07, 6.45) is 7.46. The summed E-state index contributed by atoms with van der Waals surface area (Å²) in [5.74, 6) is 0.556. The van der Waals surface area contributed by atoms with Crippen molar-refractivity contribution in [3.8, 4) is 0 Å². The number of benzene rings is 1. The van der Waals surface area contributed by atoms with Crippen LogP contribution in [0.2, 0.25) is 0 Å². The fourth-order valence-corrected chi connectivity index (χ4v) is 4.22. The normalized spacial score (nSPS) is 31.2. The summed E-state index contributed by atoms with van der Waals surface area (Å²) in [7, 11) is 0. The fraction of sp³-hybridized carbons (Fsp3) is 0.611. The van der Waals surface area contributed by atoms with Crippen LogP contribution in [-0.4, -0.2) is 22.9 Å². The molecule has 0 radical (unpaired) electrons. The van der Waals surface area contributed by atoms with Gasteiger partial charge in [-0.15, -0.1) is 0 Å². The number of carbonyl (C=O) groups is 1. The van der Waals surface area contributed by atoms with Crippen molar-refractivity contribution in [2.45, 2.75) is 63.1 Å². The minimum Gasteiger partial charge on any atom is -0.332 e. The third-order valence-electron chi connectivity index (χ3n) is 5.45. The average molecular weight is 284 g/mol. The molecule has 0 saturated heterocycles. The summed E-state index contributed by atoms with van der Waals surface area (Å²) < 4.78 is 0. The van der Waals surface area contributed by atoms with Crippen LogP contribution in [0.25, 0.3) is 0 Å². The zero-order chi connectivity index (χ0) is 14.4. The first-order chi connectivity index (χ1) is 10.2. The number of nitrogens with two attached hydrogens (primary N) is 1. The number of hydrogen-bond acceptors (Lipinski definition) is 2. The van der Waals surface area contributed by atoms with Crippen LogP contribution in [0.4, 0.5) is 0 Å². The zero-order valence-corrected chi connectivity index (χ0v) is 12.5. The molecule has 0 bridgehead atoms. The largest absolute Gasteiger partial charge is 0.332 e. The lowest BCUT2D eigenvalue weighted by Crippen LogP contribution is -2.39. The first-order valence-corrected chi connectivity index (χ1v) is 8.39. The topological polar surface area (TPSA) is 46.3 Å². The van der Waals surface area contributed by atoms with Gasteiger partial charge in [0, 0.05) is 18.0 Å². The van der Waals surface area contributed by atoms with Crippen LogP contribution in [0.15, 0.2) is 24.3 Å². The van der Waals surface area contributed by atoms with Gasteiger partial charge >= 0.3 is 0 Å². The molecular formula is C18H24N2O. The minimum absolute atomic E-state index is 0.174. The van der Waals surface area contributed by atoms with E-state index in [0.717, 1.165) is 32.1 Å². The Hall–Kier alpha value is -1.35. The molecule has 0 heterocycles. The summed E-state index contributed by atoms with van der Waals surface area (Å²) in [4.78, 5) is 15.3. The Morgan fingerprint density at radius 3 is 2.62 bits per heavy atom. The highest BCUT2D eigenvalue weighted by molar-refractivity contribution is 5.80. The maximum absolute atomic E-state index is 13.0. The lowest BCUT2D eigenvalue weighted by atomic mass is 10.0. The molecule has 3 nitrogen and oxygen atoms in total. The summed E-state index contributed by atoms with van der Waals surface area (Å²) in [5, 5.41) is 0. The Morgan fingerprint density at radius 2 is 1.90 bits per heavy atom. The molecule has 2 N–H and O–H groups in total. The van der Waals surface area contributed by atoms with Crippen molar-refractivity contribution in [2.75, 3.05) is 0 Å². The van der Waals surface area contributed by atoms with E-state index in [9.17, 15) is 4.79 Å². The Bertz CT molecular complexity index is 552. The first kappa shape index (κ1) is 13.3. The van der Waals surface area contributed by atoms with Gasteiger partial charge in [0.25, 0.3) is 0 Å². The number of carbonyl (C=O) groups excluding carboxylic acids is 1. The monoisotopic (exact) mass is 284 g/mol. The SMILES string of the molecule is NC1CCC(C(=O)N(C2CC2)C2CCc3ccccc32)C1. The molecule has 1 amide bonds. The lowest BCUT2D eigenvalue weighted by molar-refractivity contribution is -0.138. The van der Waals surface area contributed by atoms with Crippen LogP contribution in [0.1, 0.15) is 55.7 Å². The van der Waals surface area contributed by atoms with Crippen LogP contribution < -0.4 is 5.73 Å². The fourth-order valence-electron chi connectivity index (χ4n) is 4.22. The number of aryl methyl sites for hydroxylation is 1. The highest BCUT2D eigenvalue weighted by Crippen LogP contribution is 2.43. The van der Waals surface area contributed by atoms with Gasteiger partial charge < -0.3 is 10.6 Å². The van der Waals surface area contributed by atoms with E-state index in [1.807, 2.05) is 0 Å². The van der Waals surface area contributed by atoms with Gasteiger partial charge in [0.1, 0.15) is 0 Å². The molecular weight excluding hydrogens is 260 g/mol. The van der Waals surface area contributed by atoms with Crippen LogP contribution in [0.5, 0.6) is 0 Å². The van der Waals surface area contributed by atoms with Gasteiger partial charge in [-0.05, 0) is 56.1 Å². The van der Waals surface area contributed by atoms with Crippen molar-refractivity contribution in [2.24, 2.45) is 11.7 Å². The molecule has 4 rings (SSSR count). The molecule has 1 aromatic rings. The maximum atomic E-state index is 13.0. The predicted octanol–water partition coefficient (Wildman–Crippen LogP) is 2.79. The van der Waals surface area contributed by atoms with Gasteiger partial charge in [0.05, 0.1) is 6.04 Å². The molecule has 112 valence electrons. The maximum Gasteiger partial charge on any atom is 0.226 e. The average Bonchev–Trinajstić information content (AvgIpc) is 3.08. The van der Waals surface area contributed by atoms with E-state index >= 15 is 0 Å². The molecule has 3 atom stereocenters. The van der Waals surface area contributed by atoms with Crippen LogP contribution in [0.3, 0.4) is 0 Å². The number of rotatable bonds is 3. The minimum atomic E-state index is 0.174. The van der Waals surface area contributed by atoms with Gasteiger partial charge in [-0.2, -0.15) is 0 Å². The highest BCUT2D eigenvalue weighted by Gasteiger charge is 2.43. The molecule has 3 aliphatic carbocycles. The third kappa shape index (κ3) is 2.38. The van der Waals surface area contributed by atoms with E-state index in [1.54, 1.807) is 0 Å². The smallest absolute Gasteiger partial charge is 0.226 e. The second-order valence-corrected chi connectivity index (χ2v) is 7.00. The molecule has 21 heavy (non-hydrogen) atoms. The van der Waals surface area contributed by atoms with Crippen molar-refractivity contribution in [1.82, 2.24) is 4.90 Å². The van der Waals surface area contributed by atoms with Crippen LogP contribution in [-0.2, 0) is 11.2 Å². The number of amides is 1. The quantitative estimate of drug-likeness (QED) is 0.927. The van der Waals surface area contributed by atoms with E-state index in [4.69, 9.17) is 5.73 Å². The molecule has 1 aromatic carbocycles. The van der Waals surface area contributed by atoms with Gasteiger partial charge in [-0.3, -0.25) is 4.79 Å². The van der Waals surface area contributed by atoms with E-state index < -0.39 is 0 Å². The molecule has 0 aromatic heterocycles. The second kappa shape index (κ2) is 5.13. The predicted molar refractivity (Wildman–Crippen MR) is 82.7 cm³/mol. The summed E-state index contributed by atoms with van der Waals surface area (Å²) in [6.45, 7) is 0. The summed E-state index contributed by atoms with van der Waals surface area (Å²) in [6, 6.07) is 9.70. The van der Waals surface area contributed by atoms with Crippen molar-refractivity contribution in [3.05, 3.63) is 35.4 Å². The van der Waals surface area contributed by atoms with Crippen molar-refractivity contribution in [3.63, 3.8) is 0 Å². The molecule has 3 unspecified atom stereocenters. The Balaban J connectivity index is 1.60. The standard InChI is InChI=1S/C18H24N2O/c19-14-7-5-13(11-14)18(21)20(15-8-9-15)17-10-6-12-3-1-2-4-16(12)17/h1-4,13-15,17H,5-11,19H2. The van der Waals surface area contributed by atoms with Crippen molar-refractivity contribution in [1.29, 1.82) is 0 Å². The molecule has 2 saturated carbocycles. The van der Waals surface area contributed by atoms with Gasteiger partial charge in [0.2, 0.25) is 5.91 Å². The van der Waals surface area contributed by atoms with E-state index in [0.29, 0.717) is 18.0 Å². The van der Waals surface area contributed by atoms with Crippen LogP contribution >= 0.6 is 0 Å². The Labute approximate surface area is 126 Å². The number of hydrogen-bond donors (Lipinski definition) is 1. The third-order valence-corrected chi connectivity index (χ3v) is 5.45.